The van der Waals surface area contributed by atoms with Gasteiger partial charge in [0.15, 0.2) is 0 Å². The quantitative estimate of drug-likeness (QED) is 0.415. The van der Waals surface area contributed by atoms with E-state index in [2.05, 4.69) is 10.6 Å². The molecule has 0 radical (unpaired) electrons. The Morgan fingerprint density at radius 1 is 0.865 bits per heavy atom. The van der Waals surface area contributed by atoms with Gasteiger partial charge >= 0.3 is 0 Å². The van der Waals surface area contributed by atoms with Gasteiger partial charge in [-0.3, -0.25) is 13.9 Å². The summed E-state index contributed by atoms with van der Waals surface area (Å²) >= 11 is 0. The number of anilines is 2. The molecule has 3 aromatic rings. The van der Waals surface area contributed by atoms with Crippen molar-refractivity contribution in [1.29, 1.82) is 0 Å². The fourth-order valence-electron chi connectivity index (χ4n) is 4.33. The lowest BCUT2D eigenvalue weighted by Crippen LogP contribution is -2.38. The normalized spacial score (nSPS) is 14.0. The van der Waals surface area contributed by atoms with E-state index in [1.807, 2.05) is 30.3 Å². The smallest absolute Gasteiger partial charge is 0.253 e. The lowest BCUT2D eigenvalue weighted by atomic mass is 9.95. The molecule has 1 fully saturated rings. The Morgan fingerprint density at radius 3 is 2.16 bits per heavy atom. The highest BCUT2D eigenvalue weighted by molar-refractivity contribution is 7.92. The molecule has 1 aliphatic carbocycles. The highest BCUT2D eigenvalue weighted by atomic mass is 32.2. The van der Waals surface area contributed by atoms with Crippen molar-refractivity contribution < 1.29 is 22.7 Å². The van der Waals surface area contributed by atoms with Crippen molar-refractivity contribution in [2.75, 3.05) is 22.4 Å². The van der Waals surface area contributed by atoms with Crippen LogP contribution in [-0.4, -0.2) is 39.1 Å². The Bertz CT molecular complexity index is 1320. The summed E-state index contributed by atoms with van der Waals surface area (Å²) in [6, 6.07) is 22.5. The molecular formula is C28H31N3O5S. The Kier molecular flexibility index (Phi) is 8.45. The predicted octanol–water partition coefficient (Wildman–Crippen LogP) is 4.95. The predicted molar refractivity (Wildman–Crippen MR) is 145 cm³/mol. The molecule has 1 aliphatic rings. The van der Waals surface area contributed by atoms with E-state index in [0.29, 0.717) is 28.4 Å². The molecule has 9 heteroatoms. The number of carbonyl (C=O) groups excluding carboxylic acids is 2. The summed E-state index contributed by atoms with van der Waals surface area (Å²) in [4.78, 5) is 25.8. The van der Waals surface area contributed by atoms with Gasteiger partial charge in [-0.05, 0) is 61.4 Å². The molecule has 0 aliphatic heterocycles. The maximum Gasteiger partial charge on any atom is 0.253 e. The van der Waals surface area contributed by atoms with Crippen molar-refractivity contribution in [3.05, 3.63) is 84.4 Å². The molecule has 0 spiro atoms. The number of carbonyl (C=O) groups is 2. The molecule has 0 saturated heterocycles. The lowest BCUT2D eigenvalue weighted by molar-refractivity contribution is -0.114. The van der Waals surface area contributed by atoms with E-state index in [-0.39, 0.29) is 11.9 Å². The fraction of sp³-hybridized carbons (Fsp3) is 0.286. The number of nitrogens with one attached hydrogen (secondary N) is 2. The molecule has 8 nitrogen and oxygen atoms in total. The Labute approximate surface area is 217 Å². The van der Waals surface area contributed by atoms with Gasteiger partial charge in [-0.15, -0.1) is 0 Å². The zero-order valence-corrected chi connectivity index (χ0v) is 21.5. The van der Waals surface area contributed by atoms with Crippen LogP contribution in [0.5, 0.6) is 11.5 Å². The van der Waals surface area contributed by atoms with Gasteiger partial charge in [-0.2, -0.15) is 0 Å². The van der Waals surface area contributed by atoms with Crippen molar-refractivity contribution in [1.82, 2.24) is 5.32 Å². The zero-order chi connectivity index (χ0) is 26.3. The first-order valence-electron chi connectivity index (χ1n) is 12.3. The Balaban J connectivity index is 1.45. The Morgan fingerprint density at radius 2 is 1.49 bits per heavy atom. The van der Waals surface area contributed by atoms with Crippen LogP contribution in [0.4, 0.5) is 11.4 Å². The third-order valence-electron chi connectivity index (χ3n) is 6.18. The molecule has 0 heterocycles. The molecule has 0 bridgehead atoms. The van der Waals surface area contributed by atoms with Gasteiger partial charge in [-0.1, -0.05) is 49.6 Å². The number of hydrogen-bond acceptors (Lipinski definition) is 5. The third kappa shape index (κ3) is 7.33. The van der Waals surface area contributed by atoms with Crippen LogP contribution in [0, 0.1) is 0 Å². The minimum atomic E-state index is -3.77. The van der Waals surface area contributed by atoms with Gasteiger partial charge in [0.2, 0.25) is 15.9 Å². The second-order valence-corrected chi connectivity index (χ2v) is 11.0. The highest BCUT2D eigenvalue weighted by Crippen LogP contribution is 2.26. The van der Waals surface area contributed by atoms with E-state index in [4.69, 9.17) is 4.74 Å². The number of rotatable bonds is 9. The lowest BCUT2D eigenvalue weighted by Gasteiger charge is -2.24. The van der Waals surface area contributed by atoms with E-state index in [1.165, 1.54) is 6.42 Å². The first kappa shape index (κ1) is 26.2. The van der Waals surface area contributed by atoms with Crippen LogP contribution in [-0.2, 0) is 14.8 Å². The van der Waals surface area contributed by atoms with E-state index in [1.54, 1.807) is 48.5 Å². The first-order chi connectivity index (χ1) is 17.8. The molecule has 1 saturated carbocycles. The minimum absolute atomic E-state index is 0.125. The van der Waals surface area contributed by atoms with Gasteiger partial charge < -0.3 is 15.4 Å². The largest absolute Gasteiger partial charge is 0.457 e. The summed E-state index contributed by atoms with van der Waals surface area (Å²) in [7, 11) is -3.77. The third-order valence-corrected chi connectivity index (χ3v) is 7.32. The average Bonchev–Trinajstić information content (AvgIpc) is 2.89. The number of para-hydroxylation sites is 2. The Hall–Kier alpha value is -3.85. The molecule has 4 rings (SSSR count). The zero-order valence-electron chi connectivity index (χ0n) is 20.7. The van der Waals surface area contributed by atoms with Crippen LogP contribution in [0.3, 0.4) is 0 Å². The van der Waals surface area contributed by atoms with Crippen LogP contribution >= 0.6 is 0 Å². The highest BCUT2D eigenvalue weighted by Gasteiger charge is 2.23. The van der Waals surface area contributed by atoms with Crippen molar-refractivity contribution in [2.24, 2.45) is 0 Å². The number of benzene rings is 3. The summed E-state index contributed by atoms with van der Waals surface area (Å²) in [5.41, 5.74) is 0.997. The topological polar surface area (TPSA) is 105 Å². The molecule has 0 atom stereocenters. The van der Waals surface area contributed by atoms with E-state index in [9.17, 15) is 18.0 Å². The summed E-state index contributed by atoms with van der Waals surface area (Å²) in [6.07, 6.45) is 6.28. The first-order valence-corrected chi connectivity index (χ1v) is 14.1. The summed E-state index contributed by atoms with van der Waals surface area (Å²) in [6.45, 7) is -0.448. The van der Waals surface area contributed by atoms with Crippen molar-refractivity contribution in [2.45, 2.75) is 38.1 Å². The molecule has 3 aromatic carbocycles. The van der Waals surface area contributed by atoms with Gasteiger partial charge in [0, 0.05) is 6.04 Å². The van der Waals surface area contributed by atoms with Crippen LogP contribution in [0.25, 0.3) is 0 Å². The molecule has 0 unspecified atom stereocenters. The van der Waals surface area contributed by atoms with E-state index >= 15 is 0 Å². The molecule has 37 heavy (non-hydrogen) atoms. The summed E-state index contributed by atoms with van der Waals surface area (Å²) in [5.74, 6) is 0.372. The number of ether oxygens (including phenoxy) is 1. The number of amides is 2. The van der Waals surface area contributed by atoms with Gasteiger partial charge in [0.25, 0.3) is 5.91 Å². The van der Waals surface area contributed by atoms with Gasteiger partial charge in [0.05, 0.1) is 23.2 Å². The van der Waals surface area contributed by atoms with Crippen molar-refractivity contribution >= 4 is 33.2 Å². The molecular weight excluding hydrogens is 490 g/mol. The maximum atomic E-state index is 12.9. The second kappa shape index (κ2) is 11.9. The summed E-state index contributed by atoms with van der Waals surface area (Å²) in [5, 5.41) is 5.77. The molecule has 2 amide bonds. The second-order valence-electron chi connectivity index (χ2n) is 9.08. The van der Waals surface area contributed by atoms with Crippen LogP contribution in [0.1, 0.15) is 42.5 Å². The molecule has 0 aromatic heterocycles. The van der Waals surface area contributed by atoms with Crippen LogP contribution in [0.2, 0.25) is 0 Å². The minimum Gasteiger partial charge on any atom is -0.457 e. The fourth-order valence-corrected chi connectivity index (χ4v) is 5.18. The number of nitrogens with zero attached hydrogens (tertiary/aromatic N) is 1. The number of sulfonamides is 1. The van der Waals surface area contributed by atoms with Gasteiger partial charge in [-0.25, -0.2) is 8.42 Å². The monoisotopic (exact) mass is 521 g/mol. The SMILES string of the molecule is CS(=O)(=O)N(CC(=O)Nc1ccccc1C(=O)NC1CCCCC1)c1ccc(Oc2ccccc2)cc1. The molecule has 194 valence electrons. The van der Waals surface area contributed by atoms with Crippen LogP contribution in [0.15, 0.2) is 78.9 Å². The van der Waals surface area contributed by atoms with Crippen molar-refractivity contribution in [3.63, 3.8) is 0 Å². The van der Waals surface area contributed by atoms with Gasteiger partial charge in [0.1, 0.15) is 18.0 Å². The average molecular weight is 522 g/mol. The maximum absolute atomic E-state index is 12.9. The standard InChI is InChI=1S/C28H31N3O5S/c1-37(34,35)31(22-16-18-24(19-17-22)36-23-12-6-3-7-13-23)20-27(32)30-26-15-9-8-14-25(26)28(33)29-21-10-4-2-5-11-21/h3,6-9,12-19,21H,2,4-5,10-11,20H2,1H3,(H,29,33)(H,30,32). The van der Waals surface area contributed by atoms with Crippen LogP contribution < -0.4 is 19.7 Å². The van der Waals surface area contributed by atoms with E-state index in [0.717, 1.165) is 36.2 Å². The van der Waals surface area contributed by atoms with E-state index < -0.39 is 22.5 Å². The number of hydrogen-bond donors (Lipinski definition) is 2. The van der Waals surface area contributed by atoms with Crippen molar-refractivity contribution in [3.8, 4) is 11.5 Å². The molecule has 2 N–H and O–H groups in total. The summed E-state index contributed by atoms with van der Waals surface area (Å²) < 4.78 is 31.9.